The standard InChI is InChI=1S/C23H31NO4/c1-26-23-12-5-3-9-20(23)18-27-14-7-13-24(17-21-10-6-15-28-21)16-19-8-2-4-11-22(19)25/h2-5,8-9,11-12,21,25H,6-7,10,13-18H2,1H3. The number of aromatic hydroxyl groups is 1. The second-order valence-electron chi connectivity index (χ2n) is 7.22. The fourth-order valence-electron chi connectivity index (χ4n) is 3.59. The summed E-state index contributed by atoms with van der Waals surface area (Å²) in [5.41, 5.74) is 2.02. The largest absolute Gasteiger partial charge is 0.508 e. The van der Waals surface area contributed by atoms with Gasteiger partial charge in [0.25, 0.3) is 0 Å². The highest BCUT2D eigenvalue weighted by molar-refractivity contribution is 5.32. The van der Waals surface area contributed by atoms with Crippen LogP contribution in [0.25, 0.3) is 0 Å². The third kappa shape index (κ3) is 6.23. The van der Waals surface area contributed by atoms with E-state index >= 15 is 0 Å². The molecule has 1 fully saturated rings. The number of phenolic OH excluding ortho intramolecular Hbond substituents is 1. The molecular formula is C23H31NO4. The topological polar surface area (TPSA) is 51.2 Å². The van der Waals surface area contributed by atoms with Crippen LogP contribution in [-0.4, -0.2) is 49.5 Å². The monoisotopic (exact) mass is 385 g/mol. The Kier molecular flexibility index (Phi) is 8.15. The number of rotatable bonds is 11. The van der Waals surface area contributed by atoms with E-state index in [-0.39, 0.29) is 0 Å². The lowest BCUT2D eigenvalue weighted by molar-refractivity contribution is 0.0613. The minimum Gasteiger partial charge on any atom is -0.508 e. The second-order valence-corrected chi connectivity index (χ2v) is 7.22. The third-order valence-electron chi connectivity index (χ3n) is 5.08. The zero-order valence-electron chi connectivity index (χ0n) is 16.7. The molecule has 0 radical (unpaired) electrons. The lowest BCUT2D eigenvalue weighted by Crippen LogP contribution is -2.33. The molecule has 152 valence electrons. The highest BCUT2D eigenvalue weighted by Crippen LogP contribution is 2.21. The van der Waals surface area contributed by atoms with Crippen molar-refractivity contribution in [2.75, 3.05) is 33.4 Å². The number of para-hydroxylation sites is 2. The number of phenols is 1. The van der Waals surface area contributed by atoms with Crippen molar-refractivity contribution in [2.24, 2.45) is 0 Å². The van der Waals surface area contributed by atoms with Crippen molar-refractivity contribution in [1.29, 1.82) is 0 Å². The molecule has 1 heterocycles. The van der Waals surface area contributed by atoms with Crippen molar-refractivity contribution >= 4 is 0 Å². The van der Waals surface area contributed by atoms with Gasteiger partial charge in [0.15, 0.2) is 0 Å². The van der Waals surface area contributed by atoms with E-state index < -0.39 is 0 Å². The number of nitrogens with zero attached hydrogens (tertiary/aromatic N) is 1. The Morgan fingerprint density at radius 2 is 1.89 bits per heavy atom. The van der Waals surface area contributed by atoms with Crippen molar-refractivity contribution < 1.29 is 19.3 Å². The SMILES string of the molecule is COc1ccccc1COCCCN(Cc1ccccc1O)CC1CCCO1. The molecule has 3 rings (SSSR count). The first kappa shape index (κ1) is 20.6. The maximum absolute atomic E-state index is 10.1. The molecule has 1 aliphatic heterocycles. The highest BCUT2D eigenvalue weighted by Gasteiger charge is 2.20. The summed E-state index contributed by atoms with van der Waals surface area (Å²) in [5.74, 6) is 1.22. The predicted octanol–water partition coefficient (Wildman–Crippen LogP) is 3.99. The van der Waals surface area contributed by atoms with E-state index in [9.17, 15) is 5.11 Å². The van der Waals surface area contributed by atoms with Gasteiger partial charge in [-0.05, 0) is 31.4 Å². The first-order valence-corrected chi connectivity index (χ1v) is 10.1. The highest BCUT2D eigenvalue weighted by atomic mass is 16.5. The van der Waals surface area contributed by atoms with Gasteiger partial charge in [0, 0.05) is 44.0 Å². The van der Waals surface area contributed by atoms with Gasteiger partial charge in [0.2, 0.25) is 0 Å². The molecule has 5 nitrogen and oxygen atoms in total. The van der Waals surface area contributed by atoms with Crippen LogP contribution >= 0.6 is 0 Å². The molecule has 0 saturated carbocycles. The minimum absolute atomic E-state index is 0.292. The van der Waals surface area contributed by atoms with Crippen LogP contribution in [0.3, 0.4) is 0 Å². The van der Waals surface area contributed by atoms with Crippen LogP contribution < -0.4 is 4.74 Å². The second kappa shape index (κ2) is 11.1. The van der Waals surface area contributed by atoms with E-state index in [1.54, 1.807) is 13.2 Å². The number of ether oxygens (including phenoxy) is 3. The van der Waals surface area contributed by atoms with Crippen LogP contribution in [0.15, 0.2) is 48.5 Å². The van der Waals surface area contributed by atoms with Crippen LogP contribution in [0.4, 0.5) is 0 Å². The van der Waals surface area contributed by atoms with Gasteiger partial charge in [-0.15, -0.1) is 0 Å². The normalized spacial score (nSPS) is 16.6. The van der Waals surface area contributed by atoms with Crippen LogP contribution in [-0.2, 0) is 22.6 Å². The molecule has 1 atom stereocenters. The summed E-state index contributed by atoms with van der Waals surface area (Å²) in [6.45, 7) is 4.60. The quantitative estimate of drug-likeness (QED) is 0.593. The van der Waals surface area contributed by atoms with Crippen molar-refractivity contribution in [3.63, 3.8) is 0 Å². The molecule has 0 bridgehead atoms. The third-order valence-corrected chi connectivity index (χ3v) is 5.08. The Balaban J connectivity index is 1.47. The molecular weight excluding hydrogens is 354 g/mol. The first-order valence-electron chi connectivity index (χ1n) is 10.1. The van der Waals surface area contributed by atoms with Gasteiger partial charge in [-0.3, -0.25) is 4.90 Å². The zero-order chi connectivity index (χ0) is 19.6. The Labute approximate surface area is 167 Å². The lowest BCUT2D eigenvalue weighted by atomic mass is 10.1. The first-order chi connectivity index (χ1) is 13.8. The summed E-state index contributed by atoms with van der Waals surface area (Å²) in [5, 5.41) is 10.1. The van der Waals surface area contributed by atoms with E-state index in [1.165, 1.54) is 0 Å². The van der Waals surface area contributed by atoms with E-state index in [0.29, 0.717) is 25.1 Å². The van der Waals surface area contributed by atoms with Crippen molar-refractivity contribution in [3.8, 4) is 11.5 Å². The van der Waals surface area contributed by atoms with E-state index in [1.807, 2.05) is 42.5 Å². The van der Waals surface area contributed by atoms with Crippen LogP contribution in [0.2, 0.25) is 0 Å². The van der Waals surface area contributed by atoms with Gasteiger partial charge < -0.3 is 19.3 Å². The van der Waals surface area contributed by atoms with E-state index in [4.69, 9.17) is 14.2 Å². The number of hydrogen-bond acceptors (Lipinski definition) is 5. The van der Waals surface area contributed by atoms with Gasteiger partial charge >= 0.3 is 0 Å². The fraction of sp³-hybridized carbons (Fsp3) is 0.478. The zero-order valence-corrected chi connectivity index (χ0v) is 16.7. The van der Waals surface area contributed by atoms with E-state index in [0.717, 1.165) is 62.4 Å². The molecule has 28 heavy (non-hydrogen) atoms. The summed E-state index contributed by atoms with van der Waals surface area (Å²) in [4.78, 5) is 2.36. The Hall–Kier alpha value is -2.08. The van der Waals surface area contributed by atoms with Crippen LogP contribution in [0, 0.1) is 0 Å². The van der Waals surface area contributed by atoms with Gasteiger partial charge in [-0.25, -0.2) is 0 Å². The molecule has 0 amide bonds. The fourth-order valence-corrected chi connectivity index (χ4v) is 3.59. The predicted molar refractivity (Wildman–Crippen MR) is 110 cm³/mol. The minimum atomic E-state index is 0.292. The molecule has 1 aliphatic rings. The van der Waals surface area contributed by atoms with Gasteiger partial charge in [-0.1, -0.05) is 36.4 Å². The molecule has 1 N–H and O–H groups in total. The van der Waals surface area contributed by atoms with Gasteiger partial charge in [-0.2, -0.15) is 0 Å². The number of benzene rings is 2. The summed E-state index contributed by atoms with van der Waals surface area (Å²) in [6, 6.07) is 15.5. The molecule has 0 aliphatic carbocycles. The summed E-state index contributed by atoms with van der Waals surface area (Å²) >= 11 is 0. The lowest BCUT2D eigenvalue weighted by Gasteiger charge is -2.25. The smallest absolute Gasteiger partial charge is 0.124 e. The van der Waals surface area contributed by atoms with Crippen molar-refractivity contribution in [1.82, 2.24) is 4.90 Å². The maximum atomic E-state index is 10.1. The summed E-state index contributed by atoms with van der Waals surface area (Å²) < 4.78 is 17.0. The molecule has 1 unspecified atom stereocenters. The average molecular weight is 386 g/mol. The molecule has 0 aromatic heterocycles. The summed E-state index contributed by atoms with van der Waals surface area (Å²) in [6.07, 6.45) is 3.47. The van der Waals surface area contributed by atoms with Gasteiger partial charge in [0.1, 0.15) is 11.5 Å². The molecule has 0 spiro atoms. The van der Waals surface area contributed by atoms with Crippen LogP contribution in [0.5, 0.6) is 11.5 Å². The Morgan fingerprint density at radius 3 is 2.64 bits per heavy atom. The molecule has 2 aromatic rings. The Bertz CT molecular complexity index is 715. The molecule has 2 aromatic carbocycles. The van der Waals surface area contributed by atoms with E-state index in [2.05, 4.69) is 4.90 Å². The van der Waals surface area contributed by atoms with Crippen molar-refractivity contribution in [2.45, 2.75) is 38.5 Å². The number of hydrogen-bond donors (Lipinski definition) is 1. The van der Waals surface area contributed by atoms with Gasteiger partial charge in [0.05, 0.1) is 19.8 Å². The van der Waals surface area contributed by atoms with Crippen LogP contribution in [0.1, 0.15) is 30.4 Å². The Morgan fingerprint density at radius 1 is 1.11 bits per heavy atom. The molecule has 5 heteroatoms. The number of methoxy groups -OCH3 is 1. The molecule has 1 saturated heterocycles. The average Bonchev–Trinajstić information content (AvgIpc) is 3.22. The van der Waals surface area contributed by atoms with Crippen molar-refractivity contribution in [3.05, 3.63) is 59.7 Å². The summed E-state index contributed by atoms with van der Waals surface area (Å²) in [7, 11) is 1.68. The maximum Gasteiger partial charge on any atom is 0.124 e.